The second-order valence-electron chi connectivity index (χ2n) is 8.09. The van der Waals surface area contributed by atoms with Gasteiger partial charge in [0.15, 0.2) is 23.1 Å². The maximum absolute atomic E-state index is 12.3. The summed E-state index contributed by atoms with van der Waals surface area (Å²) in [6.45, 7) is 10.4. The Morgan fingerprint density at radius 2 is 1.66 bits per heavy atom. The van der Waals surface area contributed by atoms with Gasteiger partial charge < -0.3 is 9.16 Å². The van der Waals surface area contributed by atoms with Gasteiger partial charge in [-0.05, 0) is 30.7 Å². The number of ketones is 2. The number of hydrogen-bond donors (Lipinski definition) is 0. The summed E-state index contributed by atoms with van der Waals surface area (Å²) in [7, 11) is 0.584. The highest BCUT2D eigenvalue weighted by Crippen LogP contribution is 2.41. The van der Waals surface area contributed by atoms with Crippen LogP contribution in [-0.4, -0.2) is 27.7 Å². The number of ether oxygens (including phenoxy) is 1. The summed E-state index contributed by atoms with van der Waals surface area (Å²) < 4.78 is 11.8. The first-order valence-electron chi connectivity index (χ1n) is 9.62. The molecule has 0 saturated heterocycles. The van der Waals surface area contributed by atoms with Gasteiger partial charge in [-0.15, -0.1) is 0 Å². The van der Waals surface area contributed by atoms with Gasteiger partial charge in [0.2, 0.25) is 0 Å². The van der Waals surface area contributed by atoms with Gasteiger partial charge in [-0.2, -0.15) is 0 Å². The summed E-state index contributed by atoms with van der Waals surface area (Å²) >= 11 is 0. The molecule has 2 aromatic carbocycles. The zero-order valence-electron chi connectivity index (χ0n) is 18.0. The first-order chi connectivity index (χ1) is 13.6. The zero-order chi connectivity index (χ0) is 21.6. The molecule has 0 aromatic heterocycles. The minimum absolute atomic E-state index is 0.113. The lowest BCUT2D eigenvalue weighted by atomic mass is 9.85. The molecule has 0 amide bonds. The number of benzene rings is 2. The molecule has 0 fully saturated rings. The normalized spacial score (nSPS) is 11.7. The summed E-state index contributed by atoms with van der Waals surface area (Å²) in [4.78, 5) is 24.6. The van der Waals surface area contributed by atoms with Crippen molar-refractivity contribution in [3.8, 4) is 11.5 Å². The lowest BCUT2D eigenvalue weighted by Crippen LogP contribution is -2.17. The molecule has 0 N–H and O–H groups in total. The molecular weight excluding hydrogens is 380 g/mol. The molecule has 2 rings (SSSR count). The average molecular weight is 410 g/mol. The second kappa shape index (κ2) is 9.70. The second-order valence-corrected chi connectivity index (χ2v) is 10.1. The van der Waals surface area contributed by atoms with E-state index in [1.165, 1.54) is 6.08 Å². The van der Waals surface area contributed by atoms with Crippen molar-refractivity contribution in [3.05, 3.63) is 65.2 Å². The van der Waals surface area contributed by atoms with Crippen molar-refractivity contribution in [1.29, 1.82) is 0 Å². The molecule has 153 valence electrons. The average Bonchev–Trinajstić information content (AvgIpc) is 2.66. The smallest absolute Gasteiger partial charge is 0.274 e. The topological polar surface area (TPSA) is 52.6 Å². The monoisotopic (exact) mass is 409 g/mol. The minimum atomic E-state index is -1.05. The van der Waals surface area contributed by atoms with Crippen LogP contribution >= 0.6 is 0 Å². The van der Waals surface area contributed by atoms with Crippen LogP contribution in [0.5, 0.6) is 11.5 Å². The predicted octanol–water partition coefficient (Wildman–Crippen LogP) is 5.48. The quantitative estimate of drug-likeness (QED) is 0.251. The Bertz CT molecular complexity index is 893. The van der Waals surface area contributed by atoms with Gasteiger partial charge in [0.25, 0.3) is 9.04 Å². The molecule has 0 saturated carbocycles. The molecule has 0 heterocycles. The van der Waals surface area contributed by atoms with Gasteiger partial charge in [0.1, 0.15) is 0 Å². The van der Waals surface area contributed by atoms with E-state index in [0.29, 0.717) is 17.1 Å². The molecule has 0 aliphatic heterocycles. The van der Waals surface area contributed by atoms with Crippen molar-refractivity contribution < 1.29 is 18.8 Å². The van der Waals surface area contributed by atoms with E-state index in [1.807, 2.05) is 31.3 Å². The van der Waals surface area contributed by atoms with Crippen LogP contribution in [0.4, 0.5) is 0 Å². The molecule has 0 bridgehead atoms. The van der Waals surface area contributed by atoms with Crippen LogP contribution < -0.4 is 9.16 Å². The third kappa shape index (κ3) is 6.16. The molecule has 29 heavy (non-hydrogen) atoms. The van der Waals surface area contributed by atoms with Crippen LogP contribution in [0, 0.1) is 0 Å². The molecule has 4 nitrogen and oxygen atoms in total. The summed E-state index contributed by atoms with van der Waals surface area (Å²) in [6.07, 6.45) is 2.98. The van der Waals surface area contributed by atoms with E-state index >= 15 is 0 Å². The largest absolute Gasteiger partial charge is 0.540 e. The SMILES string of the molecule is COc1c(C(C)(C)C)ccc(C=CC(=O)CC(=O)c2ccccc2)c1O[Si](C)C. The number of Topliss-reactive ketones (excluding diaryl/α,β-unsaturated/α-hetero) is 1. The van der Waals surface area contributed by atoms with Crippen LogP contribution in [0.2, 0.25) is 13.1 Å². The number of rotatable bonds is 8. The third-order valence-electron chi connectivity index (χ3n) is 4.34. The van der Waals surface area contributed by atoms with Crippen LogP contribution in [-0.2, 0) is 10.2 Å². The third-order valence-corrected chi connectivity index (χ3v) is 4.95. The van der Waals surface area contributed by atoms with Gasteiger partial charge in [-0.1, -0.05) is 63.2 Å². The summed E-state index contributed by atoms with van der Waals surface area (Å²) in [5, 5.41) is 0. The summed E-state index contributed by atoms with van der Waals surface area (Å²) in [5.74, 6) is 0.906. The highest BCUT2D eigenvalue weighted by Gasteiger charge is 2.24. The molecular formula is C24H29O4Si. The Balaban J connectivity index is 2.31. The van der Waals surface area contributed by atoms with Crippen molar-refractivity contribution in [2.75, 3.05) is 7.11 Å². The van der Waals surface area contributed by atoms with Crippen molar-refractivity contribution in [2.45, 2.75) is 45.7 Å². The molecule has 1 radical (unpaired) electrons. The van der Waals surface area contributed by atoms with Crippen LogP contribution in [0.25, 0.3) is 6.08 Å². The fourth-order valence-corrected chi connectivity index (χ4v) is 3.56. The van der Waals surface area contributed by atoms with Crippen molar-refractivity contribution >= 4 is 26.7 Å². The first kappa shape index (κ1) is 22.6. The Morgan fingerprint density at radius 1 is 1.00 bits per heavy atom. The Hall–Kier alpha value is -2.66. The van der Waals surface area contributed by atoms with Crippen molar-refractivity contribution in [3.63, 3.8) is 0 Å². The number of carbonyl (C=O) groups is 2. The molecule has 5 heteroatoms. The summed E-state index contributed by atoms with van der Waals surface area (Å²) in [6, 6.07) is 12.8. The maximum atomic E-state index is 12.3. The van der Waals surface area contributed by atoms with E-state index in [2.05, 4.69) is 20.8 Å². The molecule has 0 aliphatic carbocycles. The van der Waals surface area contributed by atoms with Gasteiger partial charge in [-0.3, -0.25) is 9.59 Å². The Morgan fingerprint density at radius 3 is 2.21 bits per heavy atom. The fraction of sp³-hybridized carbons (Fsp3) is 0.333. The van der Waals surface area contributed by atoms with E-state index in [4.69, 9.17) is 9.16 Å². The van der Waals surface area contributed by atoms with Crippen molar-refractivity contribution in [2.24, 2.45) is 0 Å². The van der Waals surface area contributed by atoms with E-state index in [9.17, 15) is 9.59 Å². The number of carbonyl (C=O) groups excluding carboxylic acids is 2. The number of methoxy groups -OCH3 is 1. The van der Waals surface area contributed by atoms with E-state index < -0.39 is 9.04 Å². The first-order valence-corrected chi connectivity index (χ1v) is 12.0. The highest BCUT2D eigenvalue weighted by atomic mass is 28.3. The van der Waals surface area contributed by atoms with Crippen LogP contribution in [0.3, 0.4) is 0 Å². The zero-order valence-corrected chi connectivity index (χ0v) is 19.0. The predicted molar refractivity (Wildman–Crippen MR) is 119 cm³/mol. The molecule has 0 atom stereocenters. The fourth-order valence-electron chi connectivity index (χ4n) is 2.94. The number of allylic oxidation sites excluding steroid dienone is 1. The van der Waals surface area contributed by atoms with E-state index in [-0.39, 0.29) is 23.4 Å². The van der Waals surface area contributed by atoms with Gasteiger partial charge in [-0.25, -0.2) is 0 Å². The Kier molecular flexibility index (Phi) is 7.57. The molecule has 0 aliphatic rings. The van der Waals surface area contributed by atoms with Gasteiger partial charge >= 0.3 is 0 Å². The minimum Gasteiger partial charge on any atom is -0.540 e. The molecule has 0 unspecified atom stereocenters. The van der Waals surface area contributed by atoms with E-state index in [1.54, 1.807) is 37.5 Å². The lowest BCUT2D eigenvalue weighted by Gasteiger charge is -2.25. The van der Waals surface area contributed by atoms with E-state index in [0.717, 1.165) is 11.1 Å². The van der Waals surface area contributed by atoms with Gasteiger partial charge in [0.05, 0.1) is 13.5 Å². The molecule has 2 aromatic rings. The Labute approximate surface area is 175 Å². The molecule has 0 spiro atoms. The standard InChI is InChI=1S/C24H29O4Si/c1-24(2,3)20-15-13-18(22(23(20)27-4)28-29(5)6)12-14-19(25)16-21(26)17-10-8-7-9-11-17/h7-15H,16H2,1-6H3. The lowest BCUT2D eigenvalue weighted by molar-refractivity contribution is -0.113. The summed E-state index contributed by atoms with van der Waals surface area (Å²) in [5.41, 5.74) is 2.24. The van der Waals surface area contributed by atoms with Gasteiger partial charge in [0, 0.05) is 16.7 Å². The maximum Gasteiger partial charge on any atom is 0.274 e. The highest BCUT2D eigenvalue weighted by molar-refractivity contribution is 6.49. The van der Waals surface area contributed by atoms with Crippen molar-refractivity contribution in [1.82, 2.24) is 0 Å². The van der Waals surface area contributed by atoms with Crippen LogP contribution in [0.15, 0.2) is 48.5 Å². The van der Waals surface area contributed by atoms with Crippen LogP contribution in [0.1, 0.15) is 48.7 Å². The number of hydrogen-bond acceptors (Lipinski definition) is 4.